The van der Waals surface area contributed by atoms with E-state index in [4.69, 9.17) is 4.74 Å². The van der Waals surface area contributed by atoms with Crippen LogP contribution in [0.2, 0.25) is 0 Å². The molecule has 0 unspecified atom stereocenters. The van der Waals surface area contributed by atoms with Crippen molar-refractivity contribution in [2.45, 2.75) is 19.9 Å². The minimum Gasteiger partial charge on any atom is -0.497 e. The second kappa shape index (κ2) is 9.02. The van der Waals surface area contributed by atoms with Gasteiger partial charge in [0.1, 0.15) is 11.6 Å². The van der Waals surface area contributed by atoms with Crippen molar-refractivity contribution in [2.24, 2.45) is 0 Å². The molecule has 0 saturated heterocycles. The average molecular weight is 494 g/mol. The van der Waals surface area contributed by atoms with Gasteiger partial charge < -0.3 is 15.0 Å². The first-order valence-corrected chi connectivity index (χ1v) is 11.9. The minimum atomic E-state index is -0.385. The van der Waals surface area contributed by atoms with E-state index < -0.39 is 0 Å². The molecule has 3 N–H and O–H groups in total. The maximum atomic E-state index is 14.2. The normalized spacial score (nSPS) is 11.5. The van der Waals surface area contributed by atoms with Gasteiger partial charge >= 0.3 is 0 Å². The molecule has 184 valence electrons. The summed E-state index contributed by atoms with van der Waals surface area (Å²) < 4.78 is 19.5. The number of nitrogens with zero attached hydrogens (tertiary/aromatic N) is 4. The van der Waals surface area contributed by atoms with E-state index >= 15 is 0 Å². The standard InChI is InChI=1S/C28H24FN7O/c1-15(2)33-20-7-17(12-30-14-20)18-9-23-27(35-36-28(23)32-13-18)25-11-22-24(34-25)4-5-31-26(22)16-6-19(29)10-21(8-16)37-3/h4-15,33-34H,1-3H3,(H,32,35,36). The lowest BCUT2D eigenvalue weighted by Gasteiger charge is -2.10. The molecule has 0 bridgehead atoms. The first-order valence-electron chi connectivity index (χ1n) is 11.9. The summed E-state index contributed by atoms with van der Waals surface area (Å²) in [5.74, 6) is 0.0501. The van der Waals surface area contributed by atoms with Gasteiger partial charge in [-0.3, -0.25) is 15.1 Å². The van der Waals surface area contributed by atoms with Crippen molar-refractivity contribution in [3.63, 3.8) is 0 Å². The third-order valence-electron chi connectivity index (χ3n) is 6.13. The molecule has 0 amide bonds. The molecule has 5 aromatic heterocycles. The number of H-pyrrole nitrogens is 2. The Bertz CT molecular complexity index is 1760. The fraction of sp³-hybridized carbons (Fsp3) is 0.143. The van der Waals surface area contributed by atoms with Crippen molar-refractivity contribution in [1.29, 1.82) is 0 Å². The van der Waals surface area contributed by atoms with Crippen LogP contribution in [-0.4, -0.2) is 43.3 Å². The van der Waals surface area contributed by atoms with Gasteiger partial charge in [0.2, 0.25) is 0 Å². The Labute approximate surface area is 212 Å². The molecular weight excluding hydrogens is 469 g/mol. The predicted molar refractivity (Wildman–Crippen MR) is 143 cm³/mol. The van der Waals surface area contributed by atoms with Crippen molar-refractivity contribution in [3.05, 3.63) is 73.1 Å². The van der Waals surface area contributed by atoms with Crippen LogP contribution < -0.4 is 10.1 Å². The number of fused-ring (bicyclic) bond motifs is 2. The van der Waals surface area contributed by atoms with E-state index in [1.165, 1.54) is 19.2 Å². The number of halogens is 1. The Morgan fingerprint density at radius 3 is 2.62 bits per heavy atom. The quantitative estimate of drug-likeness (QED) is 0.255. The molecule has 0 saturated carbocycles. The Hall–Kier alpha value is -4.79. The van der Waals surface area contributed by atoms with E-state index in [0.717, 1.165) is 44.5 Å². The molecular formula is C28H24FN7O. The molecule has 0 aliphatic heterocycles. The summed E-state index contributed by atoms with van der Waals surface area (Å²) in [6.07, 6.45) is 7.13. The summed E-state index contributed by atoms with van der Waals surface area (Å²) in [7, 11) is 1.51. The molecule has 5 heterocycles. The summed E-state index contributed by atoms with van der Waals surface area (Å²) in [5.41, 5.74) is 7.21. The van der Waals surface area contributed by atoms with Crippen LogP contribution in [0.1, 0.15) is 13.8 Å². The van der Waals surface area contributed by atoms with Gasteiger partial charge in [0.15, 0.2) is 5.65 Å². The topological polar surface area (TPSA) is 104 Å². The zero-order valence-corrected chi connectivity index (χ0v) is 20.5. The number of hydrogen-bond acceptors (Lipinski definition) is 6. The SMILES string of the molecule is COc1cc(F)cc(-c2nccc3[nH]c(-c4[nH]nc5ncc(-c6cncc(NC(C)C)c6)cc45)cc23)c1. The summed E-state index contributed by atoms with van der Waals surface area (Å²) in [6.45, 7) is 4.17. The molecule has 0 aliphatic carbocycles. The lowest BCUT2D eigenvalue weighted by molar-refractivity contribution is 0.411. The fourth-order valence-corrected chi connectivity index (χ4v) is 4.51. The second-order valence-corrected chi connectivity index (χ2v) is 9.14. The third-order valence-corrected chi connectivity index (χ3v) is 6.13. The predicted octanol–water partition coefficient (Wildman–Crippen LogP) is 6.20. The molecule has 6 aromatic rings. The molecule has 0 fully saturated rings. The van der Waals surface area contributed by atoms with Crippen LogP contribution in [0, 0.1) is 5.82 Å². The van der Waals surface area contributed by atoms with E-state index in [2.05, 4.69) is 61.4 Å². The number of benzene rings is 1. The van der Waals surface area contributed by atoms with E-state index in [0.29, 0.717) is 28.7 Å². The van der Waals surface area contributed by atoms with Crippen LogP contribution in [0.25, 0.3) is 55.7 Å². The van der Waals surface area contributed by atoms with Gasteiger partial charge in [-0.1, -0.05) is 0 Å². The monoisotopic (exact) mass is 493 g/mol. The molecule has 37 heavy (non-hydrogen) atoms. The van der Waals surface area contributed by atoms with Gasteiger partial charge in [-0.15, -0.1) is 0 Å². The van der Waals surface area contributed by atoms with Crippen LogP contribution in [0.5, 0.6) is 5.75 Å². The number of ether oxygens (including phenoxy) is 1. The molecule has 9 heteroatoms. The van der Waals surface area contributed by atoms with Gasteiger partial charge in [0.05, 0.1) is 29.9 Å². The van der Waals surface area contributed by atoms with Gasteiger partial charge in [0.25, 0.3) is 0 Å². The maximum absolute atomic E-state index is 14.2. The van der Waals surface area contributed by atoms with Gasteiger partial charge in [-0.2, -0.15) is 5.10 Å². The maximum Gasteiger partial charge on any atom is 0.181 e. The zero-order chi connectivity index (χ0) is 25.5. The smallest absolute Gasteiger partial charge is 0.181 e. The number of nitrogens with one attached hydrogen (secondary N) is 3. The Kier molecular flexibility index (Phi) is 5.52. The first kappa shape index (κ1) is 22.7. The molecule has 0 spiro atoms. The number of hydrogen-bond donors (Lipinski definition) is 3. The highest BCUT2D eigenvalue weighted by Crippen LogP contribution is 2.35. The van der Waals surface area contributed by atoms with Crippen molar-refractivity contribution < 1.29 is 9.13 Å². The van der Waals surface area contributed by atoms with Crippen molar-refractivity contribution in [2.75, 3.05) is 12.4 Å². The van der Waals surface area contributed by atoms with Gasteiger partial charge in [0, 0.05) is 69.9 Å². The van der Waals surface area contributed by atoms with E-state index in [1.807, 2.05) is 24.5 Å². The molecule has 8 nitrogen and oxygen atoms in total. The highest BCUT2D eigenvalue weighted by molar-refractivity contribution is 6.00. The molecule has 1 aromatic carbocycles. The van der Waals surface area contributed by atoms with Crippen LogP contribution in [0.15, 0.2) is 67.3 Å². The van der Waals surface area contributed by atoms with E-state index in [9.17, 15) is 4.39 Å². The average Bonchev–Trinajstić information content (AvgIpc) is 3.51. The van der Waals surface area contributed by atoms with Crippen LogP contribution in [0.4, 0.5) is 10.1 Å². The molecule has 0 atom stereocenters. The summed E-state index contributed by atoms with van der Waals surface area (Å²) >= 11 is 0. The second-order valence-electron chi connectivity index (χ2n) is 9.14. The minimum absolute atomic E-state index is 0.299. The molecule has 0 aliphatic rings. The van der Waals surface area contributed by atoms with Crippen LogP contribution in [0.3, 0.4) is 0 Å². The van der Waals surface area contributed by atoms with Crippen LogP contribution in [-0.2, 0) is 0 Å². The Morgan fingerprint density at radius 2 is 1.78 bits per heavy atom. The van der Waals surface area contributed by atoms with Gasteiger partial charge in [-0.25, -0.2) is 9.37 Å². The Morgan fingerprint density at radius 1 is 0.919 bits per heavy atom. The fourth-order valence-electron chi connectivity index (χ4n) is 4.51. The lowest BCUT2D eigenvalue weighted by atomic mass is 10.1. The van der Waals surface area contributed by atoms with E-state index in [-0.39, 0.29) is 5.82 Å². The highest BCUT2D eigenvalue weighted by atomic mass is 19.1. The van der Waals surface area contributed by atoms with Crippen LogP contribution >= 0.6 is 0 Å². The lowest BCUT2D eigenvalue weighted by Crippen LogP contribution is -2.09. The number of methoxy groups -OCH3 is 1. The number of rotatable bonds is 6. The number of anilines is 1. The summed E-state index contributed by atoms with van der Waals surface area (Å²) in [6, 6.07) is 12.9. The number of aromatic amines is 2. The number of pyridine rings is 3. The summed E-state index contributed by atoms with van der Waals surface area (Å²) in [4.78, 5) is 16.9. The third kappa shape index (κ3) is 4.24. The molecule has 0 radical (unpaired) electrons. The first-order chi connectivity index (χ1) is 18.0. The highest BCUT2D eigenvalue weighted by Gasteiger charge is 2.16. The van der Waals surface area contributed by atoms with E-state index in [1.54, 1.807) is 18.5 Å². The van der Waals surface area contributed by atoms with Crippen molar-refractivity contribution in [1.82, 2.24) is 30.1 Å². The summed E-state index contributed by atoms with van der Waals surface area (Å²) in [5, 5.41) is 12.6. The van der Waals surface area contributed by atoms with Crippen molar-refractivity contribution in [3.8, 4) is 39.5 Å². The number of aromatic nitrogens is 6. The zero-order valence-electron chi connectivity index (χ0n) is 20.5. The Balaban J connectivity index is 1.45. The molecule has 6 rings (SSSR count). The largest absolute Gasteiger partial charge is 0.497 e. The van der Waals surface area contributed by atoms with Crippen molar-refractivity contribution >= 4 is 27.6 Å². The van der Waals surface area contributed by atoms with Gasteiger partial charge in [-0.05, 0) is 50.2 Å².